The minimum Gasteiger partial charge on any atom is -0.459 e. The van der Waals surface area contributed by atoms with E-state index in [0.29, 0.717) is 4.90 Å². The highest BCUT2D eigenvalue weighted by Crippen LogP contribution is 2.31. The van der Waals surface area contributed by atoms with Crippen molar-refractivity contribution in [1.29, 1.82) is 0 Å². The summed E-state index contributed by atoms with van der Waals surface area (Å²) in [6.07, 6.45) is 1.40. The van der Waals surface area contributed by atoms with Crippen LogP contribution in [0.25, 0.3) is 0 Å². The average Bonchev–Trinajstić information content (AvgIpc) is 3.39. The second kappa shape index (κ2) is 8.06. The van der Waals surface area contributed by atoms with Crippen LogP contribution < -0.4 is 5.32 Å². The van der Waals surface area contributed by atoms with E-state index in [1.165, 1.54) is 18.1 Å². The molecular formula is C21H20F2N4O5. The number of carbonyl (C=O) groups excluding carboxylic acids is 4. The highest BCUT2D eigenvalue weighted by molar-refractivity contribution is 6.09. The van der Waals surface area contributed by atoms with E-state index >= 15 is 0 Å². The summed E-state index contributed by atoms with van der Waals surface area (Å²) in [5.74, 6) is -3.05. The van der Waals surface area contributed by atoms with Gasteiger partial charge in [-0.05, 0) is 37.3 Å². The molecule has 32 heavy (non-hydrogen) atoms. The van der Waals surface area contributed by atoms with E-state index in [4.69, 9.17) is 4.42 Å². The maximum atomic E-state index is 14.2. The molecule has 0 radical (unpaired) electrons. The molecule has 5 amide bonds. The summed E-state index contributed by atoms with van der Waals surface area (Å²) in [6.45, 7) is 1.66. The molecule has 1 aromatic carbocycles. The number of halogens is 2. The minimum atomic E-state index is -1.84. The minimum absolute atomic E-state index is 0.202. The molecule has 2 saturated heterocycles. The fourth-order valence-electron chi connectivity index (χ4n) is 3.85. The van der Waals surface area contributed by atoms with Crippen molar-refractivity contribution in [3.8, 4) is 0 Å². The molecule has 1 N–H and O–H groups in total. The first-order valence-electron chi connectivity index (χ1n) is 9.91. The first kappa shape index (κ1) is 21.5. The van der Waals surface area contributed by atoms with Gasteiger partial charge >= 0.3 is 6.03 Å². The highest BCUT2D eigenvalue weighted by Gasteiger charge is 2.51. The van der Waals surface area contributed by atoms with Crippen LogP contribution in [-0.4, -0.2) is 71.2 Å². The predicted octanol–water partition coefficient (Wildman–Crippen LogP) is 1.31. The Hall–Kier alpha value is -3.76. The number of benzene rings is 1. The molecule has 168 valence electrons. The number of amides is 5. The molecule has 3 heterocycles. The van der Waals surface area contributed by atoms with Crippen LogP contribution >= 0.6 is 0 Å². The normalized spacial score (nSPS) is 21.2. The van der Waals surface area contributed by atoms with Crippen molar-refractivity contribution in [3.05, 3.63) is 59.6 Å². The van der Waals surface area contributed by atoms with E-state index in [9.17, 15) is 28.0 Å². The van der Waals surface area contributed by atoms with Gasteiger partial charge in [-0.25, -0.2) is 13.6 Å². The first-order chi connectivity index (χ1) is 15.2. The number of furan rings is 1. The molecule has 11 heteroatoms. The van der Waals surface area contributed by atoms with Crippen LogP contribution in [0.2, 0.25) is 0 Å². The Morgan fingerprint density at radius 1 is 1.09 bits per heavy atom. The van der Waals surface area contributed by atoms with Crippen LogP contribution in [0.1, 0.15) is 23.0 Å². The van der Waals surface area contributed by atoms with E-state index in [-0.39, 0.29) is 43.4 Å². The monoisotopic (exact) mass is 446 g/mol. The zero-order valence-corrected chi connectivity index (χ0v) is 17.1. The molecule has 2 aromatic rings. The van der Waals surface area contributed by atoms with Crippen LogP contribution in [0.15, 0.2) is 41.0 Å². The van der Waals surface area contributed by atoms with Crippen molar-refractivity contribution in [3.63, 3.8) is 0 Å². The van der Waals surface area contributed by atoms with Gasteiger partial charge in [0.2, 0.25) is 5.91 Å². The third-order valence-electron chi connectivity index (χ3n) is 5.69. The molecule has 0 unspecified atom stereocenters. The molecule has 0 bridgehead atoms. The average molecular weight is 446 g/mol. The maximum Gasteiger partial charge on any atom is 0.325 e. The van der Waals surface area contributed by atoms with E-state index in [1.54, 1.807) is 17.0 Å². The first-order valence-corrected chi connectivity index (χ1v) is 9.91. The van der Waals surface area contributed by atoms with Gasteiger partial charge in [-0.1, -0.05) is 0 Å². The summed E-state index contributed by atoms with van der Waals surface area (Å²) >= 11 is 0. The Morgan fingerprint density at radius 3 is 2.44 bits per heavy atom. The standard InChI is InChI=1S/C21H20F2N4O5/c1-21(14-11-13(22)4-5-15(14)23)19(30)27(20(31)24-21)12-17(28)25-6-8-26(9-7-25)18(29)16-3-2-10-32-16/h2-5,10-11H,6-9,12H2,1H3,(H,24,31)/t21-/m1/s1. The van der Waals surface area contributed by atoms with Gasteiger partial charge in [-0.3, -0.25) is 19.3 Å². The zero-order valence-electron chi connectivity index (χ0n) is 17.1. The van der Waals surface area contributed by atoms with Crippen molar-refractivity contribution >= 4 is 23.8 Å². The Kier molecular flexibility index (Phi) is 5.41. The largest absolute Gasteiger partial charge is 0.459 e. The van der Waals surface area contributed by atoms with Crippen molar-refractivity contribution in [1.82, 2.24) is 20.0 Å². The summed E-state index contributed by atoms with van der Waals surface area (Å²) in [4.78, 5) is 54.0. The van der Waals surface area contributed by atoms with Gasteiger partial charge in [0.1, 0.15) is 23.7 Å². The number of hydrogen-bond donors (Lipinski definition) is 1. The highest BCUT2D eigenvalue weighted by atomic mass is 19.1. The van der Waals surface area contributed by atoms with Crippen LogP contribution in [0.4, 0.5) is 13.6 Å². The van der Waals surface area contributed by atoms with Gasteiger partial charge in [0, 0.05) is 31.7 Å². The van der Waals surface area contributed by atoms with Crippen LogP contribution in [0.5, 0.6) is 0 Å². The smallest absolute Gasteiger partial charge is 0.325 e. The lowest BCUT2D eigenvalue weighted by Crippen LogP contribution is -2.53. The number of piperazine rings is 1. The van der Waals surface area contributed by atoms with Gasteiger partial charge in [0.15, 0.2) is 5.76 Å². The summed E-state index contributed by atoms with van der Waals surface area (Å²) in [6, 6.07) is 4.90. The number of urea groups is 1. The Bertz CT molecular complexity index is 1080. The lowest BCUT2D eigenvalue weighted by molar-refractivity contribution is -0.139. The lowest BCUT2D eigenvalue weighted by Gasteiger charge is -2.34. The van der Waals surface area contributed by atoms with Crippen molar-refractivity contribution < 1.29 is 32.4 Å². The summed E-state index contributed by atoms with van der Waals surface area (Å²) in [5, 5.41) is 2.36. The number of imide groups is 1. The van der Waals surface area contributed by atoms with Crippen LogP contribution in [-0.2, 0) is 15.1 Å². The Labute approximate surface area is 181 Å². The molecule has 1 aromatic heterocycles. The molecule has 0 aliphatic carbocycles. The van der Waals surface area contributed by atoms with E-state index < -0.39 is 41.6 Å². The fourth-order valence-corrected chi connectivity index (χ4v) is 3.85. The molecule has 9 nitrogen and oxygen atoms in total. The number of rotatable bonds is 4. The number of nitrogens with zero attached hydrogens (tertiary/aromatic N) is 3. The second-order valence-corrected chi connectivity index (χ2v) is 7.72. The third kappa shape index (κ3) is 3.70. The van der Waals surface area contributed by atoms with Gasteiger partial charge in [-0.2, -0.15) is 0 Å². The molecular weight excluding hydrogens is 426 g/mol. The Balaban J connectivity index is 1.41. The molecule has 0 saturated carbocycles. The van der Waals surface area contributed by atoms with Crippen LogP contribution in [0.3, 0.4) is 0 Å². The molecule has 1 atom stereocenters. The van der Waals surface area contributed by atoms with Crippen molar-refractivity contribution in [2.75, 3.05) is 32.7 Å². The van der Waals surface area contributed by atoms with Gasteiger partial charge in [0.25, 0.3) is 11.8 Å². The van der Waals surface area contributed by atoms with Gasteiger partial charge in [-0.15, -0.1) is 0 Å². The third-order valence-corrected chi connectivity index (χ3v) is 5.69. The molecule has 2 fully saturated rings. The fraction of sp³-hybridized carbons (Fsp3) is 0.333. The number of carbonyl (C=O) groups is 4. The lowest BCUT2D eigenvalue weighted by atomic mass is 9.91. The number of hydrogen-bond acceptors (Lipinski definition) is 5. The number of nitrogens with one attached hydrogen (secondary N) is 1. The van der Waals surface area contributed by atoms with E-state index in [0.717, 1.165) is 18.2 Å². The van der Waals surface area contributed by atoms with E-state index in [2.05, 4.69) is 5.32 Å². The molecule has 2 aliphatic rings. The van der Waals surface area contributed by atoms with Crippen molar-refractivity contribution in [2.45, 2.75) is 12.5 Å². The van der Waals surface area contributed by atoms with Gasteiger partial charge < -0.3 is 19.5 Å². The molecule has 0 spiro atoms. The second-order valence-electron chi connectivity index (χ2n) is 7.72. The molecule has 4 rings (SSSR count). The zero-order chi connectivity index (χ0) is 23.0. The topological polar surface area (TPSA) is 103 Å². The van der Waals surface area contributed by atoms with Gasteiger partial charge in [0.05, 0.1) is 6.26 Å². The predicted molar refractivity (Wildman–Crippen MR) is 105 cm³/mol. The Morgan fingerprint density at radius 2 is 1.78 bits per heavy atom. The quantitative estimate of drug-likeness (QED) is 0.714. The SMILES string of the molecule is C[C@]1(c2cc(F)ccc2F)NC(=O)N(CC(=O)N2CCN(C(=O)c3ccco3)CC2)C1=O. The molecule has 2 aliphatic heterocycles. The summed E-state index contributed by atoms with van der Waals surface area (Å²) < 4.78 is 33.0. The summed E-state index contributed by atoms with van der Waals surface area (Å²) in [5.41, 5.74) is -2.16. The summed E-state index contributed by atoms with van der Waals surface area (Å²) in [7, 11) is 0. The van der Waals surface area contributed by atoms with E-state index in [1.807, 2.05) is 0 Å². The maximum absolute atomic E-state index is 14.2. The van der Waals surface area contributed by atoms with Crippen molar-refractivity contribution in [2.24, 2.45) is 0 Å². The van der Waals surface area contributed by atoms with Crippen LogP contribution in [0, 0.1) is 11.6 Å².